The molecule has 114 valence electrons. The van der Waals surface area contributed by atoms with Crippen LogP contribution in [0.1, 0.15) is 12.0 Å². The van der Waals surface area contributed by atoms with Gasteiger partial charge in [0, 0.05) is 24.3 Å². The molecule has 0 saturated carbocycles. The van der Waals surface area contributed by atoms with Crippen LogP contribution in [0.2, 0.25) is 0 Å². The number of nitrogens with one attached hydrogen (secondary N) is 1. The highest BCUT2D eigenvalue weighted by atomic mass is 16.5. The highest BCUT2D eigenvalue weighted by Crippen LogP contribution is 2.36. The summed E-state index contributed by atoms with van der Waals surface area (Å²) in [6, 6.07) is 3.65. The van der Waals surface area contributed by atoms with E-state index >= 15 is 0 Å². The van der Waals surface area contributed by atoms with Crippen LogP contribution in [0.25, 0.3) is 0 Å². The number of rotatable bonds is 3. The lowest BCUT2D eigenvalue weighted by Gasteiger charge is -2.26. The average molecular weight is 291 g/mol. The standard InChI is InChI=1S/C15H21N3O3/c16-12-3-4-13(11-2-1-7-21-15(11)12)17-14(19)10-18-5-8-20-9-6-18/h3-4H,1-2,5-10,16H2,(H,17,19). The maximum absolute atomic E-state index is 12.2. The van der Waals surface area contributed by atoms with Crippen LogP contribution in [0.5, 0.6) is 5.75 Å². The van der Waals surface area contributed by atoms with E-state index in [1.54, 1.807) is 6.07 Å². The van der Waals surface area contributed by atoms with Gasteiger partial charge in [0.15, 0.2) is 0 Å². The number of benzene rings is 1. The van der Waals surface area contributed by atoms with Gasteiger partial charge in [0.1, 0.15) is 5.75 Å². The van der Waals surface area contributed by atoms with E-state index in [0.29, 0.717) is 32.1 Å². The largest absolute Gasteiger partial charge is 0.491 e. The lowest BCUT2D eigenvalue weighted by atomic mass is 10.0. The van der Waals surface area contributed by atoms with Crippen LogP contribution < -0.4 is 15.8 Å². The fraction of sp³-hybridized carbons (Fsp3) is 0.533. The van der Waals surface area contributed by atoms with Crippen molar-refractivity contribution in [2.45, 2.75) is 12.8 Å². The van der Waals surface area contributed by atoms with Gasteiger partial charge in [-0.15, -0.1) is 0 Å². The van der Waals surface area contributed by atoms with Crippen molar-refractivity contribution in [1.29, 1.82) is 0 Å². The summed E-state index contributed by atoms with van der Waals surface area (Å²) in [6.07, 6.45) is 1.83. The molecule has 2 aliphatic heterocycles. The van der Waals surface area contributed by atoms with Crippen LogP contribution in [0, 0.1) is 0 Å². The van der Waals surface area contributed by atoms with Gasteiger partial charge in [-0.2, -0.15) is 0 Å². The van der Waals surface area contributed by atoms with Crippen molar-refractivity contribution >= 4 is 17.3 Å². The summed E-state index contributed by atoms with van der Waals surface area (Å²) in [4.78, 5) is 14.3. The van der Waals surface area contributed by atoms with Crippen molar-refractivity contribution in [2.75, 3.05) is 50.5 Å². The minimum atomic E-state index is -0.00514. The molecule has 3 rings (SSSR count). The highest BCUT2D eigenvalue weighted by Gasteiger charge is 2.20. The molecule has 1 aromatic rings. The predicted molar refractivity (Wildman–Crippen MR) is 80.6 cm³/mol. The fourth-order valence-corrected chi connectivity index (χ4v) is 2.76. The number of morpholine rings is 1. The summed E-state index contributed by atoms with van der Waals surface area (Å²) >= 11 is 0. The third kappa shape index (κ3) is 3.28. The number of nitrogen functional groups attached to an aromatic ring is 1. The van der Waals surface area contributed by atoms with Gasteiger partial charge in [0.05, 0.1) is 32.1 Å². The molecule has 2 aliphatic rings. The Morgan fingerprint density at radius 1 is 1.29 bits per heavy atom. The molecule has 6 heteroatoms. The minimum Gasteiger partial charge on any atom is -0.491 e. The van der Waals surface area contributed by atoms with Gasteiger partial charge in [-0.25, -0.2) is 0 Å². The van der Waals surface area contributed by atoms with Crippen LogP contribution >= 0.6 is 0 Å². The lowest BCUT2D eigenvalue weighted by Crippen LogP contribution is -2.41. The van der Waals surface area contributed by atoms with Gasteiger partial charge >= 0.3 is 0 Å². The zero-order valence-corrected chi connectivity index (χ0v) is 12.1. The number of carbonyl (C=O) groups is 1. The number of ether oxygens (including phenoxy) is 2. The first-order valence-corrected chi connectivity index (χ1v) is 7.38. The Kier molecular flexibility index (Phi) is 4.26. The molecular weight excluding hydrogens is 270 g/mol. The minimum absolute atomic E-state index is 0.00514. The topological polar surface area (TPSA) is 76.8 Å². The van der Waals surface area contributed by atoms with Gasteiger partial charge in [-0.3, -0.25) is 9.69 Å². The first-order chi connectivity index (χ1) is 10.2. The van der Waals surface area contributed by atoms with E-state index < -0.39 is 0 Å². The van der Waals surface area contributed by atoms with Gasteiger partial charge in [-0.05, 0) is 25.0 Å². The number of fused-ring (bicyclic) bond motifs is 1. The smallest absolute Gasteiger partial charge is 0.238 e. The van der Waals surface area contributed by atoms with Crippen molar-refractivity contribution in [1.82, 2.24) is 4.90 Å². The molecule has 3 N–H and O–H groups in total. The Hall–Kier alpha value is -1.79. The van der Waals surface area contributed by atoms with Crippen LogP contribution in [0.4, 0.5) is 11.4 Å². The van der Waals surface area contributed by atoms with Crippen LogP contribution in [0.15, 0.2) is 12.1 Å². The number of nitrogens with zero attached hydrogens (tertiary/aromatic N) is 1. The molecule has 2 heterocycles. The van der Waals surface area contributed by atoms with E-state index in [9.17, 15) is 4.79 Å². The summed E-state index contributed by atoms with van der Waals surface area (Å²) in [5.74, 6) is 0.722. The average Bonchev–Trinajstić information content (AvgIpc) is 2.51. The maximum Gasteiger partial charge on any atom is 0.238 e. The number of carbonyl (C=O) groups excluding carboxylic acids is 1. The summed E-state index contributed by atoms with van der Waals surface area (Å²) in [5.41, 5.74) is 8.39. The monoisotopic (exact) mass is 291 g/mol. The summed E-state index contributed by atoms with van der Waals surface area (Å²) in [6.45, 7) is 4.06. The van der Waals surface area contributed by atoms with Crippen molar-refractivity contribution in [2.24, 2.45) is 0 Å². The maximum atomic E-state index is 12.2. The lowest BCUT2D eigenvalue weighted by molar-refractivity contribution is -0.118. The molecule has 1 aromatic carbocycles. The predicted octanol–water partition coefficient (Wildman–Crippen LogP) is 0.865. The normalized spacial score (nSPS) is 18.7. The Morgan fingerprint density at radius 3 is 2.90 bits per heavy atom. The molecule has 1 fully saturated rings. The molecule has 0 atom stereocenters. The van der Waals surface area contributed by atoms with E-state index in [-0.39, 0.29) is 5.91 Å². The first kappa shape index (κ1) is 14.2. The highest BCUT2D eigenvalue weighted by molar-refractivity contribution is 5.94. The number of amides is 1. The van der Waals surface area contributed by atoms with E-state index in [4.69, 9.17) is 15.2 Å². The van der Waals surface area contributed by atoms with Crippen molar-refractivity contribution < 1.29 is 14.3 Å². The molecule has 0 aromatic heterocycles. The van der Waals surface area contributed by atoms with Crippen molar-refractivity contribution in [3.05, 3.63) is 17.7 Å². The molecule has 0 spiro atoms. The molecule has 1 saturated heterocycles. The van der Waals surface area contributed by atoms with Gasteiger partial charge in [-0.1, -0.05) is 0 Å². The fourth-order valence-electron chi connectivity index (χ4n) is 2.76. The van der Waals surface area contributed by atoms with Gasteiger partial charge in [0.2, 0.25) is 5.91 Å². The van der Waals surface area contributed by atoms with Crippen molar-refractivity contribution in [3.63, 3.8) is 0 Å². The number of hydrogen-bond acceptors (Lipinski definition) is 5. The second kappa shape index (κ2) is 6.32. The molecule has 21 heavy (non-hydrogen) atoms. The Labute approximate surface area is 124 Å². The van der Waals surface area contributed by atoms with E-state index in [2.05, 4.69) is 10.2 Å². The molecule has 0 radical (unpaired) electrons. The number of anilines is 2. The van der Waals surface area contributed by atoms with E-state index in [0.717, 1.165) is 42.9 Å². The Morgan fingerprint density at radius 2 is 2.10 bits per heavy atom. The molecular formula is C15H21N3O3. The Bertz CT molecular complexity index is 527. The zero-order valence-electron chi connectivity index (χ0n) is 12.1. The van der Waals surface area contributed by atoms with Crippen LogP contribution in [-0.2, 0) is 16.0 Å². The molecule has 0 unspecified atom stereocenters. The molecule has 0 aliphatic carbocycles. The van der Waals surface area contributed by atoms with Crippen LogP contribution in [-0.4, -0.2) is 50.3 Å². The summed E-state index contributed by atoms with van der Waals surface area (Å²) in [5, 5.41) is 2.99. The van der Waals surface area contributed by atoms with Gasteiger partial charge < -0.3 is 20.5 Å². The van der Waals surface area contributed by atoms with Gasteiger partial charge in [0.25, 0.3) is 0 Å². The summed E-state index contributed by atoms with van der Waals surface area (Å²) in [7, 11) is 0. The van der Waals surface area contributed by atoms with E-state index in [1.807, 2.05) is 6.07 Å². The second-order valence-electron chi connectivity index (χ2n) is 5.40. The SMILES string of the molecule is Nc1ccc(NC(=O)CN2CCOCC2)c2c1OCCC2. The molecule has 0 bridgehead atoms. The Balaban J connectivity index is 1.68. The first-order valence-electron chi connectivity index (χ1n) is 7.38. The third-order valence-corrected chi connectivity index (χ3v) is 3.85. The van der Waals surface area contributed by atoms with Crippen molar-refractivity contribution in [3.8, 4) is 5.75 Å². The number of nitrogens with two attached hydrogens (primary N) is 1. The number of hydrogen-bond donors (Lipinski definition) is 2. The van der Waals surface area contributed by atoms with Crippen LogP contribution in [0.3, 0.4) is 0 Å². The third-order valence-electron chi connectivity index (χ3n) is 3.85. The molecule has 1 amide bonds. The quantitative estimate of drug-likeness (QED) is 0.808. The molecule has 6 nitrogen and oxygen atoms in total. The zero-order chi connectivity index (χ0) is 14.7. The summed E-state index contributed by atoms with van der Waals surface area (Å²) < 4.78 is 10.9. The van der Waals surface area contributed by atoms with E-state index in [1.165, 1.54) is 0 Å². The second-order valence-corrected chi connectivity index (χ2v) is 5.40.